The Hall–Kier alpha value is -2.14. The summed E-state index contributed by atoms with van der Waals surface area (Å²) in [4.78, 5) is 25.2. The molecule has 0 spiro atoms. The molecule has 1 N–H and O–H groups in total. The summed E-state index contributed by atoms with van der Waals surface area (Å²) >= 11 is 0. The van der Waals surface area contributed by atoms with E-state index in [1.165, 1.54) is 7.11 Å². The van der Waals surface area contributed by atoms with Crippen LogP contribution >= 0.6 is 0 Å². The highest BCUT2D eigenvalue weighted by molar-refractivity contribution is 5.89. The van der Waals surface area contributed by atoms with Gasteiger partial charge < -0.3 is 14.8 Å². The number of carbonyl (C=O) groups is 2. The molecule has 0 atom stereocenters. The van der Waals surface area contributed by atoms with Crippen molar-refractivity contribution in [2.45, 2.75) is 64.5 Å². The van der Waals surface area contributed by atoms with E-state index in [1.54, 1.807) is 7.11 Å². The van der Waals surface area contributed by atoms with Crippen molar-refractivity contribution in [2.75, 3.05) is 14.2 Å². The highest BCUT2D eigenvalue weighted by Gasteiger charge is 2.44. The Bertz CT molecular complexity index is 692. The quantitative estimate of drug-likeness (QED) is 0.775. The molecule has 1 aromatic rings. The molecule has 1 amide bonds. The molecule has 0 aromatic heterocycles. The molecule has 0 saturated heterocycles. The maximum Gasteiger partial charge on any atom is 0.331 e. The normalized spacial score (nSPS) is 22.6. The van der Waals surface area contributed by atoms with Gasteiger partial charge in [0.1, 0.15) is 5.54 Å². The molecule has 0 aliphatic heterocycles. The minimum atomic E-state index is -0.951. The van der Waals surface area contributed by atoms with Crippen molar-refractivity contribution in [3.63, 3.8) is 0 Å². The summed E-state index contributed by atoms with van der Waals surface area (Å²) in [7, 11) is 3.05. The number of esters is 1. The second-order valence-corrected chi connectivity index (χ2v) is 7.37. The van der Waals surface area contributed by atoms with Gasteiger partial charge in [0.05, 0.1) is 19.6 Å². The summed E-state index contributed by atoms with van der Waals surface area (Å²) in [5.41, 5.74) is 3.34. The minimum absolute atomic E-state index is 0.128. The Morgan fingerprint density at radius 2 is 1.78 bits per heavy atom. The lowest BCUT2D eigenvalue weighted by Gasteiger charge is -2.38. The van der Waals surface area contributed by atoms with Gasteiger partial charge >= 0.3 is 5.97 Å². The van der Waals surface area contributed by atoms with Crippen molar-refractivity contribution in [1.29, 1.82) is 0 Å². The minimum Gasteiger partial charge on any atom is -0.467 e. The van der Waals surface area contributed by atoms with E-state index in [0.29, 0.717) is 12.8 Å². The Kier molecular flexibility index (Phi) is 7.19. The standard InChI is InChI=1S/C22H31NO4/c1-6-7-17-12-15(2)19(16(3)13-17)14-20(24)23-22(21(25)27-5)10-8-18(26-4)9-11-22/h6-7,12-13,18H,8-11,14H2,1-5H3,(H,23,24)/b7-6+. The first-order valence-electron chi connectivity index (χ1n) is 9.50. The second kappa shape index (κ2) is 9.18. The van der Waals surface area contributed by atoms with Crippen LogP contribution in [-0.4, -0.2) is 37.7 Å². The summed E-state index contributed by atoms with van der Waals surface area (Å²) in [6.07, 6.45) is 6.93. The van der Waals surface area contributed by atoms with E-state index in [0.717, 1.165) is 35.1 Å². The molecule has 0 radical (unpaired) electrons. The monoisotopic (exact) mass is 373 g/mol. The Labute approximate surface area is 162 Å². The smallest absolute Gasteiger partial charge is 0.331 e. The molecule has 27 heavy (non-hydrogen) atoms. The number of benzene rings is 1. The number of hydrogen-bond donors (Lipinski definition) is 1. The van der Waals surface area contributed by atoms with Crippen LogP contribution in [0.15, 0.2) is 18.2 Å². The maximum atomic E-state index is 12.8. The van der Waals surface area contributed by atoms with Crippen LogP contribution in [0.1, 0.15) is 54.9 Å². The van der Waals surface area contributed by atoms with E-state index in [2.05, 4.69) is 17.4 Å². The van der Waals surface area contributed by atoms with Crippen molar-refractivity contribution in [3.05, 3.63) is 40.5 Å². The first-order chi connectivity index (χ1) is 12.8. The van der Waals surface area contributed by atoms with Crippen LogP contribution < -0.4 is 5.32 Å². The zero-order valence-electron chi connectivity index (χ0n) is 17.1. The van der Waals surface area contributed by atoms with Crippen LogP contribution in [0.2, 0.25) is 0 Å². The molecule has 5 heteroatoms. The molecule has 2 rings (SSSR count). The molecular weight excluding hydrogens is 342 g/mol. The van der Waals surface area contributed by atoms with Gasteiger partial charge in [0, 0.05) is 7.11 Å². The molecule has 1 aromatic carbocycles. The van der Waals surface area contributed by atoms with Gasteiger partial charge in [-0.2, -0.15) is 0 Å². The molecule has 1 aliphatic rings. The third-order valence-corrected chi connectivity index (χ3v) is 5.49. The summed E-state index contributed by atoms with van der Waals surface area (Å²) in [5, 5.41) is 2.99. The van der Waals surface area contributed by atoms with Gasteiger partial charge in [0.15, 0.2) is 0 Å². The molecular formula is C22H31NO4. The third kappa shape index (κ3) is 4.98. The van der Waals surface area contributed by atoms with Crippen molar-refractivity contribution < 1.29 is 19.1 Å². The van der Waals surface area contributed by atoms with Gasteiger partial charge in [-0.15, -0.1) is 0 Å². The fraction of sp³-hybridized carbons (Fsp3) is 0.545. The van der Waals surface area contributed by atoms with Gasteiger partial charge in [-0.3, -0.25) is 4.79 Å². The molecule has 1 aliphatic carbocycles. The van der Waals surface area contributed by atoms with Crippen LogP contribution in [0, 0.1) is 13.8 Å². The number of amides is 1. The highest BCUT2D eigenvalue weighted by Crippen LogP contribution is 2.31. The Morgan fingerprint density at radius 3 is 2.26 bits per heavy atom. The average molecular weight is 373 g/mol. The van der Waals surface area contributed by atoms with Gasteiger partial charge in [-0.1, -0.05) is 24.3 Å². The van der Waals surface area contributed by atoms with Gasteiger partial charge in [0.2, 0.25) is 5.91 Å². The van der Waals surface area contributed by atoms with Gasteiger partial charge in [-0.05, 0) is 68.7 Å². The molecule has 148 valence electrons. The number of methoxy groups -OCH3 is 2. The summed E-state index contributed by atoms with van der Waals surface area (Å²) in [6, 6.07) is 4.16. The number of ether oxygens (including phenoxy) is 2. The number of nitrogens with one attached hydrogen (secondary N) is 1. The lowest BCUT2D eigenvalue weighted by Crippen LogP contribution is -2.57. The van der Waals surface area contributed by atoms with E-state index in [-0.39, 0.29) is 24.4 Å². The number of allylic oxidation sites excluding steroid dienone is 1. The molecule has 0 heterocycles. The van der Waals surface area contributed by atoms with E-state index in [9.17, 15) is 9.59 Å². The lowest BCUT2D eigenvalue weighted by atomic mass is 9.80. The molecule has 1 fully saturated rings. The fourth-order valence-electron chi connectivity index (χ4n) is 3.96. The Morgan fingerprint density at radius 1 is 1.19 bits per heavy atom. The topological polar surface area (TPSA) is 64.6 Å². The van der Waals surface area contributed by atoms with E-state index < -0.39 is 5.54 Å². The zero-order valence-corrected chi connectivity index (χ0v) is 17.1. The molecule has 5 nitrogen and oxygen atoms in total. The number of aryl methyl sites for hydroxylation is 2. The summed E-state index contributed by atoms with van der Waals surface area (Å²) in [6.45, 7) is 6.02. The predicted octanol–water partition coefficient (Wildman–Crippen LogP) is 3.50. The van der Waals surface area contributed by atoms with Crippen molar-refractivity contribution in [3.8, 4) is 0 Å². The van der Waals surface area contributed by atoms with Gasteiger partial charge in [0.25, 0.3) is 0 Å². The van der Waals surface area contributed by atoms with Crippen LogP contribution in [0.3, 0.4) is 0 Å². The van der Waals surface area contributed by atoms with Gasteiger partial charge in [-0.25, -0.2) is 4.79 Å². The van der Waals surface area contributed by atoms with Crippen LogP contribution in [-0.2, 0) is 25.5 Å². The fourth-order valence-corrected chi connectivity index (χ4v) is 3.96. The van der Waals surface area contributed by atoms with Crippen molar-refractivity contribution in [1.82, 2.24) is 5.32 Å². The van der Waals surface area contributed by atoms with Crippen molar-refractivity contribution >= 4 is 18.0 Å². The Balaban J connectivity index is 2.16. The summed E-state index contributed by atoms with van der Waals surface area (Å²) < 4.78 is 10.4. The first kappa shape index (κ1) is 21.2. The predicted molar refractivity (Wildman–Crippen MR) is 106 cm³/mol. The largest absolute Gasteiger partial charge is 0.467 e. The molecule has 0 bridgehead atoms. The molecule has 0 unspecified atom stereocenters. The SMILES string of the molecule is C/C=C/c1cc(C)c(CC(=O)NC2(C(=O)OC)CCC(OC)CC2)c(C)c1. The number of carbonyl (C=O) groups excluding carboxylic acids is 2. The second-order valence-electron chi connectivity index (χ2n) is 7.37. The van der Waals surface area contributed by atoms with E-state index >= 15 is 0 Å². The van der Waals surface area contributed by atoms with E-state index in [1.807, 2.05) is 32.9 Å². The first-order valence-corrected chi connectivity index (χ1v) is 9.50. The van der Waals surface area contributed by atoms with E-state index in [4.69, 9.17) is 9.47 Å². The van der Waals surface area contributed by atoms with Crippen LogP contribution in [0.5, 0.6) is 0 Å². The lowest BCUT2D eigenvalue weighted by molar-refractivity contribution is -0.153. The number of rotatable bonds is 6. The van der Waals surface area contributed by atoms with Crippen molar-refractivity contribution in [2.24, 2.45) is 0 Å². The maximum absolute atomic E-state index is 12.8. The third-order valence-electron chi connectivity index (χ3n) is 5.49. The molecule has 1 saturated carbocycles. The summed E-state index contributed by atoms with van der Waals surface area (Å²) in [5.74, 6) is -0.525. The average Bonchev–Trinajstić information content (AvgIpc) is 2.65. The van der Waals surface area contributed by atoms with Crippen LogP contribution in [0.25, 0.3) is 6.08 Å². The zero-order chi connectivity index (χ0) is 20.0. The number of hydrogen-bond acceptors (Lipinski definition) is 4. The van der Waals surface area contributed by atoms with Crippen LogP contribution in [0.4, 0.5) is 0 Å². The highest BCUT2D eigenvalue weighted by atomic mass is 16.5.